The van der Waals surface area contributed by atoms with E-state index in [9.17, 15) is 8.78 Å². The van der Waals surface area contributed by atoms with Crippen LogP contribution in [-0.2, 0) is 5.54 Å². The summed E-state index contributed by atoms with van der Waals surface area (Å²) in [6, 6.07) is 4.07. The number of para-hydroxylation sites is 1. The maximum Gasteiger partial charge on any atom is 0.165 e. The summed E-state index contributed by atoms with van der Waals surface area (Å²) >= 11 is 0. The molecule has 0 spiro atoms. The van der Waals surface area contributed by atoms with Gasteiger partial charge in [-0.05, 0) is 6.07 Å². The molecule has 5 heteroatoms. The fourth-order valence-corrected chi connectivity index (χ4v) is 1.68. The molecule has 0 unspecified atom stereocenters. The molecule has 0 fully saturated rings. The number of aliphatic hydroxyl groups is 1. The number of ether oxygens (including phenoxy) is 1. The Morgan fingerprint density at radius 3 is 3.00 bits per heavy atom. The number of fused-ring (bicyclic) bond motifs is 1. The average molecular weight is 215 g/mol. The van der Waals surface area contributed by atoms with Crippen LogP contribution in [0.4, 0.5) is 8.78 Å². The average Bonchev–Trinajstić information content (AvgIpc) is 2.24. The smallest absolute Gasteiger partial charge is 0.165 e. The summed E-state index contributed by atoms with van der Waals surface area (Å²) in [7, 11) is 0. The van der Waals surface area contributed by atoms with E-state index in [0.29, 0.717) is 0 Å². The molecule has 1 aliphatic heterocycles. The van der Waals surface area contributed by atoms with Gasteiger partial charge in [0, 0.05) is 5.56 Å². The molecule has 0 aromatic heterocycles. The lowest BCUT2D eigenvalue weighted by Gasteiger charge is -2.36. The summed E-state index contributed by atoms with van der Waals surface area (Å²) in [5, 5.41) is 9.12. The molecule has 15 heavy (non-hydrogen) atoms. The molecule has 0 amide bonds. The quantitative estimate of drug-likeness (QED) is 0.725. The molecule has 0 radical (unpaired) electrons. The monoisotopic (exact) mass is 215 g/mol. The van der Waals surface area contributed by atoms with Crippen molar-refractivity contribution < 1.29 is 18.6 Å². The summed E-state index contributed by atoms with van der Waals surface area (Å²) in [5.74, 6) is -0.661. The third-order valence-corrected chi connectivity index (χ3v) is 2.66. The van der Waals surface area contributed by atoms with Crippen LogP contribution in [0.25, 0.3) is 0 Å². The maximum atomic E-state index is 13.5. The number of benzene rings is 1. The third-order valence-electron chi connectivity index (χ3n) is 2.66. The van der Waals surface area contributed by atoms with E-state index in [1.165, 1.54) is 18.2 Å². The van der Waals surface area contributed by atoms with Crippen LogP contribution in [0.1, 0.15) is 5.56 Å². The highest BCUT2D eigenvalue weighted by molar-refractivity contribution is 5.43. The zero-order valence-electron chi connectivity index (χ0n) is 7.91. The zero-order valence-corrected chi connectivity index (χ0v) is 7.91. The number of nitrogens with two attached hydrogens (primary N) is 1. The van der Waals surface area contributed by atoms with E-state index < -0.39 is 24.1 Å². The fourth-order valence-electron chi connectivity index (χ4n) is 1.68. The molecule has 1 aromatic carbocycles. The Bertz CT molecular complexity index is 386. The Labute approximate surface area is 85.5 Å². The standard InChI is InChI=1S/C10H11F2NO2/c11-7-3-1-2-6-9(7)15-4-8(12)10(6,13)5-14/h1-3,8,14H,4-5,13H2/t8-,10+/m0/s1. The van der Waals surface area contributed by atoms with Crippen molar-refractivity contribution in [1.29, 1.82) is 0 Å². The highest BCUT2D eigenvalue weighted by Gasteiger charge is 2.43. The number of hydrogen-bond acceptors (Lipinski definition) is 3. The second kappa shape index (κ2) is 3.43. The number of aliphatic hydroxyl groups excluding tert-OH is 1. The minimum Gasteiger partial charge on any atom is -0.487 e. The Kier molecular flexibility index (Phi) is 2.36. The van der Waals surface area contributed by atoms with Crippen molar-refractivity contribution in [2.45, 2.75) is 11.7 Å². The van der Waals surface area contributed by atoms with Gasteiger partial charge in [0.2, 0.25) is 0 Å². The predicted molar refractivity (Wildman–Crippen MR) is 49.7 cm³/mol. The molecular formula is C10H11F2NO2. The summed E-state index contributed by atoms with van der Waals surface area (Å²) < 4.78 is 31.7. The van der Waals surface area contributed by atoms with Crippen LogP contribution in [0.3, 0.4) is 0 Å². The first-order valence-electron chi connectivity index (χ1n) is 4.55. The van der Waals surface area contributed by atoms with Crippen molar-refractivity contribution in [2.75, 3.05) is 13.2 Å². The zero-order chi connectivity index (χ0) is 11.1. The lowest BCUT2D eigenvalue weighted by molar-refractivity contribution is 0.0452. The van der Waals surface area contributed by atoms with Crippen molar-refractivity contribution in [3.63, 3.8) is 0 Å². The topological polar surface area (TPSA) is 55.5 Å². The van der Waals surface area contributed by atoms with Crippen LogP contribution >= 0.6 is 0 Å². The van der Waals surface area contributed by atoms with Gasteiger partial charge in [-0.25, -0.2) is 8.78 Å². The molecule has 2 rings (SSSR count). The summed E-state index contributed by atoms with van der Waals surface area (Å²) in [5.41, 5.74) is 4.31. The predicted octanol–water partition coefficient (Wildman–Crippen LogP) is 0.703. The minimum absolute atomic E-state index is 0.0667. The Balaban J connectivity index is 2.58. The second-order valence-electron chi connectivity index (χ2n) is 3.59. The normalized spacial score (nSPS) is 29.5. The molecule has 1 aromatic rings. The Hall–Kier alpha value is -1.20. The first kappa shape index (κ1) is 10.3. The van der Waals surface area contributed by atoms with Gasteiger partial charge < -0.3 is 15.6 Å². The van der Waals surface area contributed by atoms with Crippen LogP contribution in [-0.4, -0.2) is 24.5 Å². The molecular weight excluding hydrogens is 204 g/mol. The molecule has 0 saturated heterocycles. The van der Waals surface area contributed by atoms with Gasteiger partial charge in [-0.2, -0.15) is 0 Å². The molecule has 82 valence electrons. The fraction of sp³-hybridized carbons (Fsp3) is 0.400. The number of halogens is 2. The first-order chi connectivity index (χ1) is 7.09. The summed E-state index contributed by atoms with van der Waals surface area (Å²) in [6.07, 6.45) is -1.54. The molecule has 3 N–H and O–H groups in total. The van der Waals surface area contributed by atoms with Crippen molar-refractivity contribution >= 4 is 0 Å². The molecule has 0 saturated carbocycles. The molecule has 0 aliphatic carbocycles. The van der Waals surface area contributed by atoms with E-state index in [2.05, 4.69) is 0 Å². The molecule has 1 heterocycles. The van der Waals surface area contributed by atoms with E-state index in [1.54, 1.807) is 0 Å². The molecule has 1 aliphatic rings. The van der Waals surface area contributed by atoms with Gasteiger partial charge in [0.05, 0.1) is 6.61 Å². The molecule has 3 nitrogen and oxygen atoms in total. The van der Waals surface area contributed by atoms with Gasteiger partial charge in [-0.15, -0.1) is 0 Å². The van der Waals surface area contributed by atoms with Gasteiger partial charge in [0.15, 0.2) is 17.7 Å². The summed E-state index contributed by atoms with van der Waals surface area (Å²) in [6.45, 7) is -0.932. The Morgan fingerprint density at radius 2 is 2.33 bits per heavy atom. The van der Waals surface area contributed by atoms with Crippen molar-refractivity contribution in [1.82, 2.24) is 0 Å². The van der Waals surface area contributed by atoms with Crippen molar-refractivity contribution in [3.8, 4) is 5.75 Å². The Morgan fingerprint density at radius 1 is 1.60 bits per heavy atom. The van der Waals surface area contributed by atoms with Crippen LogP contribution in [0.5, 0.6) is 5.75 Å². The summed E-state index contributed by atoms with van der Waals surface area (Å²) in [4.78, 5) is 0. The van der Waals surface area contributed by atoms with Crippen LogP contribution in [0.15, 0.2) is 18.2 Å². The van der Waals surface area contributed by atoms with Crippen molar-refractivity contribution in [2.24, 2.45) is 5.73 Å². The van der Waals surface area contributed by atoms with E-state index >= 15 is 0 Å². The molecule has 2 atom stereocenters. The van der Waals surface area contributed by atoms with Crippen LogP contribution < -0.4 is 10.5 Å². The van der Waals surface area contributed by atoms with Gasteiger partial charge in [0.25, 0.3) is 0 Å². The number of rotatable bonds is 1. The van der Waals surface area contributed by atoms with Gasteiger partial charge in [-0.1, -0.05) is 12.1 Å². The number of alkyl halides is 1. The lowest BCUT2D eigenvalue weighted by Crippen LogP contribution is -2.54. The van der Waals surface area contributed by atoms with E-state index in [4.69, 9.17) is 15.6 Å². The second-order valence-corrected chi connectivity index (χ2v) is 3.59. The first-order valence-corrected chi connectivity index (χ1v) is 4.55. The van der Waals surface area contributed by atoms with Crippen LogP contribution in [0, 0.1) is 5.82 Å². The van der Waals surface area contributed by atoms with E-state index in [-0.39, 0.29) is 17.9 Å². The maximum absolute atomic E-state index is 13.5. The van der Waals surface area contributed by atoms with E-state index in [1.807, 2.05) is 0 Å². The van der Waals surface area contributed by atoms with Gasteiger partial charge >= 0.3 is 0 Å². The third kappa shape index (κ3) is 1.39. The van der Waals surface area contributed by atoms with Crippen LogP contribution in [0.2, 0.25) is 0 Å². The minimum atomic E-state index is -1.57. The van der Waals surface area contributed by atoms with Crippen molar-refractivity contribution in [3.05, 3.63) is 29.6 Å². The van der Waals surface area contributed by atoms with E-state index in [0.717, 1.165) is 0 Å². The SMILES string of the molecule is N[C@]1(CO)c2cccc(F)c2OC[C@@H]1F. The lowest BCUT2D eigenvalue weighted by atomic mass is 9.85. The molecule has 0 bridgehead atoms. The number of hydrogen-bond donors (Lipinski definition) is 2. The highest BCUT2D eigenvalue weighted by atomic mass is 19.1. The highest BCUT2D eigenvalue weighted by Crippen LogP contribution is 2.37. The largest absolute Gasteiger partial charge is 0.487 e. The van der Waals surface area contributed by atoms with Gasteiger partial charge in [-0.3, -0.25) is 0 Å². The van der Waals surface area contributed by atoms with Gasteiger partial charge in [0.1, 0.15) is 12.1 Å².